The number of nitrogens with zero attached hydrogens (tertiary/aromatic N) is 3. The zero-order valence-corrected chi connectivity index (χ0v) is 33.1. The van der Waals surface area contributed by atoms with E-state index in [9.17, 15) is 43.2 Å². The van der Waals surface area contributed by atoms with Gasteiger partial charge in [0.2, 0.25) is 35.8 Å². The summed E-state index contributed by atoms with van der Waals surface area (Å²) in [6.45, 7) is 1.47. The molecule has 1 aromatic rings. The molecule has 0 bridgehead atoms. The Hall–Kier alpha value is -5.07. The molecule has 0 saturated carbocycles. The van der Waals surface area contributed by atoms with Gasteiger partial charge >= 0.3 is 0 Å². The lowest BCUT2D eigenvalue weighted by Gasteiger charge is -2.37. The number of hydrogen-bond donors (Lipinski definition) is 6. The van der Waals surface area contributed by atoms with Gasteiger partial charge in [-0.05, 0) is 82.7 Å². The molecule has 3 heterocycles. The Kier molecular flexibility index (Phi) is 18.4. The molecule has 4 rings (SSSR count). The number of nitrogens with two attached hydrogens (primary N) is 2. The Morgan fingerprint density at radius 2 is 1.45 bits per heavy atom. The molecule has 3 saturated heterocycles. The highest BCUT2D eigenvalue weighted by Gasteiger charge is 2.42. The van der Waals surface area contributed by atoms with Gasteiger partial charge in [0.05, 0.1) is 30.3 Å². The summed E-state index contributed by atoms with van der Waals surface area (Å²) in [6.07, 6.45) is 5.67. The number of benzene rings is 1. The molecule has 1 aromatic carbocycles. The highest BCUT2D eigenvalue weighted by atomic mass is 16.2. The summed E-state index contributed by atoms with van der Waals surface area (Å²) in [5.41, 5.74) is 12.1. The maximum absolute atomic E-state index is 14.5. The van der Waals surface area contributed by atoms with Crippen molar-refractivity contribution in [2.75, 3.05) is 32.7 Å². The third-order valence-corrected chi connectivity index (χ3v) is 11.1. The zero-order chi connectivity index (χ0) is 42.0. The number of hydrogen-bond acceptors (Lipinski definition) is 12. The van der Waals surface area contributed by atoms with Crippen LogP contribution in [0.25, 0.3) is 0 Å². The first-order valence-electron chi connectivity index (χ1n) is 20.4. The summed E-state index contributed by atoms with van der Waals surface area (Å²) >= 11 is 0. The summed E-state index contributed by atoms with van der Waals surface area (Å²) in [6, 6.07) is 4.29. The van der Waals surface area contributed by atoms with Crippen LogP contribution in [0.15, 0.2) is 30.3 Å². The summed E-state index contributed by atoms with van der Waals surface area (Å²) in [5.74, 6) is -3.22. The van der Waals surface area contributed by atoms with Crippen molar-refractivity contribution < 1.29 is 43.2 Å². The minimum absolute atomic E-state index is 0.0226. The van der Waals surface area contributed by atoms with Crippen LogP contribution in [0.2, 0.25) is 0 Å². The van der Waals surface area contributed by atoms with E-state index >= 15 is 0 Å². The highest BCUT2D eigenvalue weighted by molar-refractivity contribution is 6.23. The van der Waals surface area contributed by atoms with Crippen LogP contribution in [-0.4, -0.2) is 144 Å². The number of amides is 6. The molecule has 18 heteroatoms. The molecule has 8 N–H and O–H groups in total. The number of rotatable bonds is 24. The first kappa shape index (κ1) is 45.6. The first-order chi connectivity index (χ1) is 28.0. The van der Waals surface area contributed by atoms with E-state index in [-0.39, 0.29) is 38.0 Å². The van der Waals surface area contributed by atoms with E-state index in [4.69, 9.17) is 11.5 Å². The molecular weight excluding hydrogens is 750 g/mol. The fourth-order valence-electron chi connectivity index (χ4n) is 8.17. The van der Waals surface area contributed by atoms with Crippen molar-refractivity contribution in [1.82, 2.24) is 36.0 Å². The topological polar surface area (TPSA) is 264 Å². The minimum Gasteiger partial charge on any atom is -0.370 e. The lowest BCUT2D eigenvalue weighted by Crippen LogP contribution is -2.61. The van der Waals surface area contributed by atoms with Gasteiger partial charge in [-0.25, -0.2) is 0 Å². The van der Waals surface area contributed by atoms with E-state index in [1.54, 1.807) is 0 Å². The SMILES string of the molecule is NCCCC[C@H](N[C@H](CCNC(=O)C=O)N1CCC[C@H]1C(=O)N[C@@H](CCC(N)=O)C(=O)N1CCC[C@H]1C=O)C(=O)N1CCC[C@H]1C(=O)N[C@H](C=O)Cc1ccccc1. The van der Waals surface area contributed by atoms with E-state index in [2.05, 4.69) is 21.3 Å². The van der Waals surface area contributed by atoms with Crippen molar-refractivity contribution in [2.24, 2.45) is 11.5 Å². The van der Waals surface area contributed by atoms with Crippen molar-refractivity contribution in [3.05, 3.63) is 35.9 Å². The van der Waals surface area contributed by atoms with Gasteiger partial charge in [-0.2, -0.15) is 0 Å². The fraction of sp³-hybridized carbons (Fsp3) is 0.625. The van der Waals surface area contributed by atoms with Crippen molar-refractivity contribution in [3.63, 3.8) is 0 Å². The highest BCUT2D eigenvalue weighted by Crippen LogP contribution is 2.25. The maximum Gasteiger partial charge on any atom is 0.284 e. The fourth-order valence-corrected chi connectivity index (χ4v) is 8.17. The predicted molar refractivity (Wildman–Crippen MR) is 211 cm³/mol. The third-order valence-electron chi connectivity index (χ3n) is 11.1. The van der Waals surface area contributed by atoms with Crippen LogP contribution in [0, 0.1) is 0 Å². The molecule has 3 fully saturated rings. The van der Waals surface area contributed by atoms with Crippen LogP contribution in [0.1, 0.15) is 82.6 Å². The van der Waals surface area contributed by atoms with Gasteiger partial charge in [0.25, 0.3) is 5.91 Å². The summed E-state index contributed by atoms with van der Waals surface area (Å²) in [4.78, 5) is 119. The quantitative estimate of drug-likeness (QED) is 0.0393. The van der Waals surface area contributed by atoms with Crippen molar-refractivity contribution in [2.45, 2.75) is 126 Å². The van der Waals surface area contributed by atoms with Gasteiger partial charge in [0.1, 0.15) is 24.7 Å². The Bertz CT molecular complexity index is 1600. The molecule has 6 amide bonds. The van der Waals surface area contributed by atoms with E-state index in [0.717, 1.165) is 5.56 Å². The Labute approximate surface area is 338 Å². The summed E-state index contributed by atoms with van der Waals surface area (Å²) in [5, 5.41) is 11.6. The molecule has 318 valence electrons. The maximum atomic E-state index is 14.5. The number of unbranched alkanes of at least 4 members (excludes halogenated alkanes) is 1. The molecule has 3 aliphatic rings. The standard InChI is InChI=1S/C40H59N9O9/c41-18-5-4-12-30(40(58)49-22-8-14-33(49)37(55)44-28(24-50)23-27-9-2-1-3-10-27)45-35(17-19-43-36(54)26-52)48-21-7-13-32(48)38(56)46-31(15-16-34(42)53)39(57)47-20-6-11-29(47)25-51/h1-3,9-10,24-26,28-33,35,45H,4-8,11-23,41H2,(H2,42,53)(H,43,54)(H,44,55)(H,46,56)/t28-,29-,30-,31-,32-,33-,35-/m0/s1. The monoisotopic (exact) mass is 809 g/mol. The van der Waals surface area contributed by atoms with Crippen LogP contribution in [0.3, 0.4) is 0 Å². The van der Waals surface area contributed by atoms with Crippen molar-refractivity contribution in [3.8, 4) is 0 Å². The van der Waals surface area contributed by atoms with Crippen LogP contribution in [0.4, 0.5) is 0 Å². The number of likely N-dealkylation sites (tertiary alicyclic amines) is 3. The summed E-state index contributed by atoms with van der Waals surface area (Å²) < 4.78 is 0. The van der Waals surface area contributed by atoms with E-state index in [1.165, 1.54) is 9.80 Å². The molecule has 7 atom stereocenters. The Morgan fingerprint density at radius 1 is 0.776 bits per heavy atom. The number of carbonyl (C=O) groups excluding carboxylic acids is 9. The average molecular weight is 810 g/mol. The van der Waals surface area contributed by atoms with E-state index in [0.29, 0.717) is 103 Å². The summed E-state index contributed by atoms with van der Waals surface area (Å²) in [7, 11) is 0. The van der Waals surface area contributed by atoms with Crippen LogP contribution in [0.5, 0.6) is 0 Å². The minimum atomic E-state index is -1.11. The van der Waals surface area contributed by atoms with Crippen molar-refractivity contribution in [1.29, 1.82) is 0 Å². The van der Waals surface area contributed by atoms with Gasteiger partial charge in [-0.1, -0.05) is 36.8 Å². The molecule has 0 radical (unpaired) electrons. The van der Waals surface area contributed by atoms with Gasteiger partial charge < -0.3 is 46.8 Å². The smallest absolute Gasteiger partial charge is 0.284 e. The predicted octanol–water partition coefficient (Wildman–Crippen LogP) is -1.57. The first-order valence-corrected chi connectivity index (χ1v) is 20.4. The Morgan fingerprint density at radius 3 is 2.14 bits per heavy atom. The number of aldehydes is 3. The molecule has 3 aliphatic heterocycles. The van der Waals surface area contributed by atoms with Gasteiger partial charge in [0.15, 0.2) is 0 Å². The van der Waals surface area contributed by atoms with Crippen LogP contribution < -0.4 is 32.7 Å². The normalized spacial score (nSPS) is 21.4. The number of primary amides is 1. The van der Waals surface area contributed by atoms with E-state index in [1.807, 2.05) is 35.2 Å². The molecule has 58 heavy (non-hydrogen) atoms. The zero-order valence-electron chi connectivity index (χ0n) is 33.1. The molecule has 0 aliphatic carbocycles. The molecule has 0 spiro atoms. The molecule has 0 aromatic heterocycles. The average Bonchev–Trinajstić information content (AvgIpc) is 4.03. The molecular formula is C40H59N9O9. The number of nitrogens with one attached hydrogen (secondary N) is 4. The van der Waals surface area contributed by atoms with E-state index < -0.39 is 72.0 Å². The second kappa shape index (κ2) is 23.4. The van der Waals surface area contributed by atoms with Gasteiger partial charge in [0, 0.05) is 32.6 Å². The second-order valence-corrected chi connectivity index (χ2v) is 15.2. The van der Waals surface area contributed by atoms with Crippen LogP contribution >= 0.6 is 0 Å². The largest absolute Gasteiger partial charge is 0.370 e. The van der Waals surface area contributed by atoms with Gasteiger partial charge in [-0.15, -0.1) is 0 Å². The number of carbonyl (C=O) groups is 9. The van der Waals surface area contributed by atoms with Gasteiger partial charge in [-0.3, -0.25) is 43.8 Å². The molecule has 18 nitrogen and oxygen atoms in total. The second-order valence-electron chi connectivity index (χ2n) is 15.2. The van der Waals surface area contributed by atoms with Crippen LogP contribution in [-0.2, 0) is 49.6 Å². The lowest BCUT2D eigenvalue weighted by molar-refractivity contribution is -0.141. The lowest BCUT2D eigenvalue weighted by atomic mass is 10.0. The molecule has 0 unspecified atom stereocenters. The van der Waals surface area contributed by atoms with Crippen molar-refractivity contribution >= 4 is 54.3 Å². The third kappa shape index (κ3) is 13.0. The Balaban J connectivity index is 1.55.